The normalized spacial score (nSPS) is 15.8. The van der Waals surface area contributed by atoms with E-state index >= 15 is 0 Å². The number of hydrogen-bond donors (Lipinski definition) is 1. The maximum Gasteiger partial charge on any atom is 0.239 e. The minimum Gasteiger partial charge on any atom is -0.495 e. The Morgan fingerprint density at radius 2 is 1.68 bits per heavy atom. The number of rotatable bonds is 5. The number of amides is 1. The molecule has 5 nitrogen and oxygen atoms in total. The summed E-state index contributed by atoms with van der Waals surface area (Å²) in [5.41, 5.74) is 8.31. The molecule has 0 spiro atoms. The zero-order valence-corrected chi connectivity index (χ0v) is 14.6. The lowest BCUT2D eigenvalue weighted by Gasteiger charge is -2.37. The summed E-state index contributed by atoms with van der Waals surface area (Å²) in [6, 6.07) is 17.4. The molecular weight excluding hydrogens is 314 g/mol. The van der Waals surface area contributed by atoms with Crippen molar-refractivity contribution in [1.29, 1.82) is 0 Å². The van der Waals surface area contributed by atoms with Crippen molar-refractivity contribution < 1.29 is 9.53 Å². The standard InChI is InChI=1S/C20H25N3O2/c1-25-19-10-6-5-9-18(19)22-11-13-23(14-12-22)20(24)17(21)15-16-7-3-2-4-8-16/h2-10,17H,11-15,21H2,1H3/t17-/m1/s1. The molecule has 0 aliphatic carbocycles. The van der Waals surface area contributed by atoms with Gasteiger partial charge in [-0.05, 0) is 24.1 Å². The first-order valence-corrected chi connectivity index (χ1v) is 8.65. The SMILES string of the molecule is COc1ccccc1N1CCN(C(=O)[C@H](N)Cc2ccccc2)CC1. The Morgan fingerprint density at radius 1 is 1.04 bits per heavy atom. The predicted molar refractivity (Wildman–Crippen MR) is 99.9 cm³/mol. The van der Waals surface area contributed by atoms with E-state index in [4.69, 9.17) is 10.5 Å². The summed E-state index contributed by atoms with van der Waals surface area (Å²) < 4.78 is 5.44. The average molecular weight is 339 g/mol. The molecule has 132 valence electrons. The molecule has 0 bridgehead atoms. The van der Waals surface area contributed by atoms with Crippen LogP contribution >= 0.6 is 0 Å². The summed E-state index contributed by atoms with van der Waals surface area (Å²) in [6.07, 6.45) is 0.576. The van der Waals surface area contributed by atoms with Crippen LogP contribution < -0.4 is 15.4 Å². The highest BCUT2D eigenvalue weighted by atomic mass is 16.5. The van der Waals surface area contributed by atoms with Crippen molar-refractivity contribution >= 4 is 11.6 Å². The van der Waals surface area contributed by atoms with Gasteiger partial charge < -0.3 is 20.3 Å². The van der Waals surface area contributed by atoms with E-state index in [1.807, 2.05) is 53.4 Å². The Kier molecular flexibility index (Phi) is 5.56. The number of anilines is 1. The summed E-state index contributed by atoms with van der Waals surface area (Å²) in [7, 11) is 1.68. The maximum absolute atomic E-state index is 12.6. The second-order valence-electron chi connectivity index (χ2n) is 6.28. The van der Waals surface area contributed by atoms with Crippen LogP contribution in [-0.4, -0.2) is 50.1 Å². The number of hydrogen-bond acceptors (Lipinski definition) is 4. The van der Waals surface area contributed by atoms with Gasteiger partial charge in [-0.2, -0.15) is 0 Å². The molecule has 0 unspecified atom stereocenters. The van der Waals surface area contributed by atoms with E-state index in [0.29, 0.717) is 19.5 Å². The number of benzene rings is 2. The van der Waals surface area contributed by atoms with E-state index in [0.717, 1.165) is 30.1 Å². The van der Waals surface area contributed by atoms with Gasteiger partial charge in [0.1, 0.15) is 5.75 Å². The molecule has 25 heavy (non-hydrogen) atoms. The number of nitrogens with two attached hydrogens (primary N) is 1. The molecule has 1 aliphatic heterocycles. The number of ether oxygens (including phenoxy) is 1. The molecule has 2 aromatic carbocycles. The van der Waals surface area contributed by atoms with Crippen LogP contribution in [0, 0.1) is 0 Å². The van der Waals surface area contributed by atoms with Crippen LogP contribution in [0.4, 0.5) is 5.69 Å². The molecule has 0 aromatic heterocycles. The monoisotopic (exact) mass is 339 g/mol. The van der Waals surface area contributed by atoms with Crippen LogP contribution in [0.25, 0.3) is 0 Å². The van der Waals surface area contributed by atoms with Crippen molar-refractivity contribution in [2.75, 3.05) is 38.2 Å². The van der Waals surface area contributed by atoms with E-state index in [1.165, 1.54) is 0 Å². The van der Waals surface area contributed by atoms with Gasteiger partial charge in [-0.3, -0.25) is 4.79 Å². The molecule has 1 heterocycles. The molecular formula is C20H25N3O2. The van der Waals surface area contributed by atoms with Crippen LogP contribution in [0.3, 0.4) is 0 Å². The van der Waals surface area contributed by atoms with E-state index in [1.54, 1.807) is 7.11 Å². The fourth-order valence-corrected chi connectivity index (χ4v) is 3.25. The third kappa shape index (κ3) is 4.12. The van der Waals surface area contributed by atoms with Crippen molar-refractivity contribution in [3.8, 4) is 5.75 Å². The largest absolute Gasteiger partial charge is 0.495 e. The molecule has 0 saturated carbocycles. The van der Waals surface area contributed by atoms with E-state index < -0.39 is 6.04 Å². The van der Waals surface area contributed by atoms with Crippen molar-refractivity contribution in [1.82, 2.24) is 4.90 Å². The maximum atomic E-state index is 12.6. The number of carbonyl (C=O) groups is 1. The number of para-hydroxylation sites is 2. The summed E-state index contributed by atoms with van der Waals surface area (Å²) >= 11 is 0. The van der Waals surface area contributed by atoms with E-state index in [9.17, 15) is 4.79 Å². The number of piperazine rings is 1. The molecule has 3 rings (SSSR count). The summed E-state index contributed by atoms with van der Waals surface area (Å²) in [5.74, 6) is 0.895. The van der Waals surface area contributed by atoms with Gasteiger partial charge >= 0.3 is 0 Å². The van der Waals surface area contributed by atoms with Gasteiger partial charge in [0.25, 0.3) is 0 Å². The highest BCUT2D eigenvalue weighted by Gasteiger charge is 2.26. The quantitative estimate of drug-likeness (QED) is 0.904. The van der Waals surface area contributed by atoms with Crippen molar-refractivity contribution in [3.63, 3.8) is 0 Å². The van der Waals surface area contributed by atoms with Gasteiger partial charge in [0.15, 0.2) is 0 Å². The second-order valence-corrected chi connectivity index (χ2v) is 6.28. The Bertz CT molecular complexity index is 697. The first kappa shape index (κ1) is 17.3. The molecule has 2 N–H and O–H groups in total. The predicted octanol–water partition coefficient (Wildman–Crippen LogP) is 1.91. The minimum atomic E-state index is -0.486. The van der Waals surface area contributed by atoms with Gasteiger partial charge in [-0.1, -0.05) is 42.5 Å². The first-order chi connectivity index (χ1) is 12.2. The van der Waals surface area contributed by atoms with Crippen molar-refractivity contribution in [2.45, 2.75) is 12.5 Å². The van der Waals surface area contributed by atoms with E-state index in [-0.39, 0.29) is 5.91 Å². The fraction of sp³-hybridized carbons (Fsp3) is 0.350. The Balaban J connectivity index is 1.57. The van der Waals surface area contributed by atoms with Gasteiger partial charge in [0.2, 0.25) is 5.91 Å². The van der Waals surface area contributed by atoms with Crippen molar-refractivity contribution in [2.24, 2.45) is 5.73 Å². The molecule has 1 atom stereocenters. The highest BCUT2D eigenvalue weighted by molar-refractivity contribution is 5.82. The third-order valence-corrected chi connectivity index (χ3v) is 4.63. The smallest absolute Gasteiger partial charge is 0.239 e. The summed E-state index contributed by atoms with van der Waals surface area (Å²) in [5, 5.41) is 0. The average Bonchev–Trinajstić information content (AvgIpc) is 2.68. The summed E-state index contributed by atoms with van der Waals surface area (Å²) in [6.45, 7) is 2.92. The molecule has 1 fully saturated rings. The Labute approximate surface area is 149 Å². The molecule has 1 amide bonds. The zero-order valence-electron chi connectivity index (χ0n) is 14.6. The lowest BCUT2D eigenvalue weighted by atomic mass is 10.1. The van der Waals surface area contributed by atoms with Crippen LogP contribution in [0.15, 0.2) is 54.6 Å². The third-order valence-electron chi connectivity index (χ3n) is 4.63. The number of methoxy groups -OCH3 is 1. The molecule has 2 aromatic rings. The fourth-order valence-electron chi connectivity index (χ4n) is 3.25. The Hall–Kier alpha value is -2.53. The molecule has 5 heteroatoms. The number of carbonyl (C=O) groups excluding carboxylic acids is 1. The Morgan fingerprint density at radius 3 is 2.36 bits per heavy atom. The van der Waals surface area contributed by atoms with Gasteiger partial charge in [-0.25, -0.2) is 0 Å². The van der Waals surface area contributed by atoms with Crippen LogP contribution in [-0.2, 0) is 11.2 Å². The summed E-state index contributed by atoms with van der Waals surface area (Å²) in [4.78, 5) is 16.8. The van der Waals surface area contributed by atoms with Crippen LogP contribution in [0.1, 0.15) is 5.56 Å². The second kappa shape index (κ2) is 8.03. The first-order valence-electron chi connectivity index (χ1n) is 8.65. The molecule has 0 radical (unpaired) electrons. The topological polar surface area (TPSA) is 58.8 Å². The van der Waals surface area contributed by atoms with Crippen LogP contribution in [0.5, 0.6) is 5.75 Å². The lowest BCUT2D eigenvalue weighted by molar-refractivity contribution is -0.132. The van der Waals surface area contributed by atoms with E-state index in [2.05, 4.69) is 11.0 Å². The molecule has 1 aliphatic rings. The van der Waals surface area contributed by atoms with Gasteiger partial charge in [0, 0.05) is 26.2 Å². The zero-order chi connectivity index (χ0) is 17.6. The van der Waals surface area contributed by atoms with Crippen LogP contribution in [0.2, 0.25) is 0 Å². The number of nitrogens with zero attached hydrogens (tertiary/aromatic N) is 2. The molecule has 1 saturated heterocycles. The highest BCUT2D eigenvalue weighted by Crippen LogP contribution is 2.28. The van der Waals surface area contributed by atoms with Gasteiger partial charge in [0.05, 0.1) is 18.8 Å². The van der Waals surface area contributed by atoms with Crippen molar-refractivity contribution in [3.05, 3.63) is 60.2 Å². The minimum absolute atomic E-state index is 0.0310. The van der Waals surface area contributed by atoms with Gasteiger partial charge in [-0.15, -0.1) is 0 Å². The lowest BCUT2D eigenvalue weighted by Crippen LogP contribution is -2.53.